The van der Waals surface area contributed by atoms with Gasteiger partial charge in [0, 0.05) is 30.6 Å². The number of amides is 2. The van der Waals surface area contributed by atoms with Gasteiger partial charge >= 0.3 is 6.09 Å². The Morgan fingerprint density at radius 3 is 2.47 bits per heavy atom. The Balaban J connectivity index is 1.22. The van der Waals surface area contributed by atoms with Crippen LogP contribution in [0.2, 0.25) is 0 Å². The van der Waals surface area contributed by atoms with E-state index in [0.29, 0.717) is 18.7 Å². The summed E-state index contributed by atoms with van der Waals surface area (Å²) in [6, 6.07) is 15.2. The third kappa shape index (κ3) is 4.70. The van der Waals surface area contributed by atoms with Gasteiger partial charge in [0.2, 0.25) is 5.91 Å². The van der Waals surface area contributed by atoms with Crippen LogP contribution in [-0.4, -0.2) is 29.2 Å². The lowest BCUT2D eigenvalue weighted by Gasteiger charge is -2.30. The standard InChI is InChI=1S/C24H26N2O4/c27-15-18-6-7-20-13-26(14-21(20)12-18)23(28)19-8-10-22(11-9-19)25-24(29)30-16-17-4-2-1-3-5-17/h1-7,12,15,19,22H,8-11,13-14,16H2,(H,25,29). The van der Waals surface area contributed by atoms with E-state index in [0.717, 1.165) is 48.7 Å². The molecule has 6 heteroatoms. The molecule has 0 atom stereocenters. The molecule has 0 bridgehead atoms. The third-order valence-corrected chi connectivity index (χ3v) is 6.01. The number of fused-ring (bicyclic) bond motifs is 1. The fourth-order valence-electron chi connectivity index (χ4n) is 4.32. The van der Waals surface area contributed by atoms with Crippen molar-refractivity contribution in [1.29, 1.82) is 0 Å². The molecule has 1 saturated carbocycles. The molecule has 1 N–H and O–H groups in total. The van der Waals surface area contributed by atoms with Gasteiger partial charge < -0.3 is 15.0 Å². The zero-order valence-electron chi connectivity index (χ0n) is 16.9. The molecule has 2 aromatic rings. The minimum Gasteiger partial charge on any atom is -0.445 e. The molecule has 2 amide bonds. The quantitative estimate of drug-likeness (QED) is 0.766. The summed E-state index contributed by atoms with van der Waals surface area (Å²) in [5.74, 6) is 0.159. The number of carbonyl (C=O) groups excluding carboxylic acids is 3. The molecular weight excluding hydrogens is 380 g/mol. The number of hydrogen-bond donors (Lipinski definition) is 1. The molecule has 6 nitrogen and oxygen atoms in total. The molecule has 1 aliphatic heterocycles. The van der Waals surface area contributed by atoms with Crippen molar-refractivity contribution in [3.63, 3.8) is 0 Å². The molecule has 0 radical (unpaired) electrons. The maximum atomic E-state index is 13.0. The number of rotatable bonds is 5. The summed E-state index contributed by atoms with van der Waals surface area (Å²) in [7, 11) is 0. The van der Waals surface area contributed by atoms with Crippen molar-refractivity contribution in [1.82, 2.24) is 10.2 Å². The molecule has 1 heterocycles. The topological polar surface area (TPSA) is 75.7 Å². The molecule has 0 spiro atoms. The average molecular weight is 406 g/mol. The molecule has 1 fully saturated rings. The highest BCUT2D eigenvalue weighted by atomic mass is 16.5. The van der Waals surface area contributed by atoms with Gasteiger partial charge in [-0.05, 0) is 48.4 Å². The van der Waals surface area contributed by atoms with Gasteiger partial charge in [-0.3, -0.25) is 9.59 Å². The molecule has 0 aromatic heterocycles. The van der Waals surface area contributed by atoms with Gasteiger partial charge in [0.1, 0.15) is 12.9 Å². The molecule has 1 aliphatic carbocycles. The van der Waals surface area contributed by atoms with E-state index in [9.17, 15) is 14.4 Å². The number of hydrogen-bond acceptors (Lipinski definition) is 4. The van der Waals surface area contributed by atoms with E-state index in [1.54, 1.807) is 6.07 Å². The summed E-state index contributed by atoms with van der Waals surface area (Å²) < 4.78 is 5.29. The summed E-state index contributed by atoms with van der Waals surface area (Å²) in [6.07, 6.45) is 3.49. The van der Waals surface area contributed by atoms with Crippen molar-refractivity contribution in [2.24, 2.45) is 5.92 Å². The first-order valence-corrected chi connectivity index (χ1v) is 10.5. The summed E-state index contributed by atoms with van der Waals surface area (Å²) in [5, 5.41) is 2.93. The summed E-state index contributed by atoms with van der Waals surface area (Å²) in [5.41, 5.74) is 3.78. The van der Waals surface area contributed by atoms with Crippen LogP contribution in [0.3, 0.4) is 0 Å². The van der Waals surface area contributed by atoms with Gasteiger partial charge in [-0.15, -0.1) is 0 Å². The SMILES string of the molecule is O=Cc1ccc2c(c1)CN(C(=O)C1CCC(NC(=O)OCc3ccccc3)CC1)C2. The number of nitrogens with zero attached hydrogens (tertiary/aromatic N) is 1. The first kappa shape index (κ1) is 20.1. The average Bonchev–Trinajstić information content (AvgIpc) is 3.22. The Morgan fingerprint density at radius 1 is 1.00 bits per heavy atom. The predicted molar refractivity (Wildman–Crippen MR) is 112 cm³/mol. The van der Waals surface area contributed by atoms with Crippen molar-refractivity contribution in [2.75, 3.05) is 0 Å². The Bertz CT molecular complexity index is 920. The van der Waals surface area contributed by atoms with Crippen LogP contribution in [0.15, 0.2) is 48.5 Å². The number of aldehydes is 1. The van der Waals surface area contributed by atoms with E-state index in [4.69, 9.17) is 4.74 Å². The maximum absolute atomic E-state index is 13.0. The van der Waals surface area contributed by atoms with Crippen LogP contribution >= 0.6 is 0 Å². The highest BCUT2D eigenvalue weighted by molar-refractivity contribution is 5.80. The summed E-state index contributed by atoms with van der Waals surface area (Å²) >= 11 is 0. The fourth-order valence-corrected chi connectivity index (χ4v) is 4.32. The van der Waals surface area contributed by atoms with Crippen LogP contribution in [0.25, 0.3) is 0 Å². The van der Waals surface area contributed by atoms with E-state index in [1.165, 1.54) is 0 Å². The van der Waals surface area contributed by atoms with Gasteiger partial charge in [-0.1, -0.05) is 42.5 Å². The normalized spacial score (nSPS) is 20.3. The van der Waals surface area contributed by atoms with Gasteiger partial charge in [0.05, 0.1) is 0 Å². The van der Waals surface area contributed by atoms with E-state index >= 15 is 0 Å². The molecule has 0 unspecified atom stereocenters. The molecule has 4 rings (SSSR count). The van der Waals surface area contributed by atoms with E-state index in [2.05, 4.69) is 5.32 Å². The van der Waals surface area contributed by atoms with Gasteiger partial charge in [-0.2, -0.15) is 0 Å². The molecule has 156 valence electrons. The lowest BCUT2D eigenvalue weighted by atomic mass is 9.85. The Morgan fingerprint density at radius 2 is 1.73 bits per heavy atom. The Kier molecular flexibility index (Phi) is 6.12. The van der Waals surface area contributed by atoms with Gasteiger partial charge in [0.25, 0.3) is 0 Å². The highest BCUT2D eigenvalue weighted by Crippen LogP contribution is 2.30. The van der Waals surface area contributed by atoms with Crippen molar-refractivity contribution < 1.29 is 19.1 Å². The largest absolute Gasteiger partial charge is 0.445 e. The van der Waals surface area contributed by atoms with E-state index in [-0.39, 0.29) is 24.5 Å². The molecule has 2 aromatic carbocycles. The number of alkyl carbamates (subject to hydrolysis) is 1. The van der Waals surface area contributed by atoms with E-state index in [1.807, 2.05) is 47.4 Å². The number of benzene rings is 2. The van der Waals surface area contributed by atoms with E-state index < -0.39 is 6.09 Å². The predicted octanol–water partition coefficient (Wildman–Crippen LogP) is 3.83. The smallest absolute Gasteiger partial charge is 0.407 e. The lowest BCUT2D eigenvalue weighted by Crippen LogP contribution is -2.41. The Hall–Kier alpha value is -3.15. The second-order valence-electron chi connectivity index (χ2n) is 8.09. The molecule has 0 saturated heterocycles. The van der Waals surface area contributed by atoms with Crippen LogP contribution in [0, 0.1) is 5.92 Å². The lowest BCUT2D eigenvalue weighted by molar-refractivity contribution is -0.137. The van der Waals surface area contributed by atoms with Crippen LogP contribution in [0.5, 0.6) is 0 Å². The fraction of sp³-hybridized carbons (Fsp3) is 0.375. The first-order chi connectivity index (χ1) is 14.6. The van der Waals surface area contributed by atoms with Crippen LogP contribution < -0.4 is 5.32 Å². The molecular formula is C24H26N2O4. The van der Waals surface area contributed by atoms with Crippen molar-refractivity contribution in [2.45, 2.75) is 51.4 Å². The van der Waals surface area contributed by atoms with Gasteiger partial charge in [0.15, 0.2) is 0 Å². The highest BCUT2D eigenvalue weighted by Gasteiger charge is 2.32. The minimum atomic E-state index is -0.408. The summed E-state index contributed by atoms with van der Waals surface area (Å²) in [6.45, 7) is 1.43. The van der Waals surface area contributed by atoms with Gasteiger partial charge in [-0.25, -0.2) is 4.79 Å². The second kappa shape index (κ2) is 9.11. The molecule has 30 heavy (non-hydrogen) atoms. The maximum Gasteiger partial charge on any atom is 0.407 e. The zero-order valence-corrected chi connectivity index (χ0v) is 16.9. The number of ether oxygens (including phenoxy) is 1. The van der Waals surface area contributed by atoms with Crippen LogP contribution in [0.4, 0.5) is 4.79 Å². The first-order valence-electron chi connectivity index (χ1n) is 10.5. The monoisotopic (exact) mass is 406 g/mol. The van der Waals surface area contributed by atoms with Crippen LogP contribution in [-0.2, 0) is 29.2 Å². The second-order valence-corrected chi connectivity index (χ2v) is 8.09. The van der Waals surface area contributed by atoms with Crippen molar-refractivity contribution in [3.8, 4) is 0 Å². The Labute approximate surface area is 176 Å². The van der Waals surface area contributed by atoms with Crippen molar-refractivity contribution in [3.05, 3.63) is 70.8 Å². The van der Waals surface area contributed by atoms with Crippen LogP contribution in [0.1, 0.15) is 52.7 Å². The summed E-state index contributed by atoms with van der Waals surface area (Å²) in [4.78, 5) is 37.9. The minimum absolute atomic E-state index is 0.0109. The number of carbonyl (C=O) groups is 3. The van der Waals surface area contributed by atoms with Crippen molar-refractivity contribution >= 4 is 18.3 Å². The number of nitrogens with one attached hydrogen (secondary N) is 1. The zero-order chi connectivity index (χ0) is 20.9. The third-order valence-electron chi connectivity index (χ3n) is 6.01. The molecule has 2 aliphatic rings.